The average Bonchev–Trinajstić information content (AvgIpc) is 3.30. The van der Waals surface area contributed by atoms with Gasteiger partial charge in [-0.15, -0.1) is 11.3 Å². The molecule has 0 radical (unpaired) electrons. The highest BCUT2D eigenvalue weighted by Crippen LogP contribution is 2.29. The van der Waals surface area contributed by atoms with Crippen LogP contribution in [0.2, 0.25) is 0 Å². The highest BCUT2D eigenvalue weighted by Gasteiger charge is 2.19. The van der Waals surface area contributed by atoms with Crippen LogP contribution in [-0.4, -0.2) is 68.8 Å². The number of anilines is 1. The van der Waals surface area contributed by atoms with Gasteiger partial charge in [0.1, 0.15) is 16.5 Å². The molecule has 1 heterocycles. The molecule has 9 heteroatoms. The molecule has 0 saturated carbocycles. The second-order valence-corrected chi connectivity index (χ2v) is 10.1. The largest absolute Gasteiger partial charge is 0.379 e. The quantitative estimate of drug-likeness (QED) is 0.128. The van der Waals surface area contributed by atoms with E-state index in [0.29, 0.717) is 6.54 Å². The van der Waals surface area contributed by atoms with Crippen LogP contribution >= 0.6 is 11.3 Å². The first-order chi connectivity index (χ1) is 17.7. The van der Waals surface area contributed by atoms with Crippen LogP contribution < -0.4 is 16.0 Å². The van der Waals surface area contributed by atoms with Gasteiger partial charge >= 0.3 is 0 Å². The Morgan fingerprint density at radius 1 is 1.24 bits per heavy atom. The summed E-state index contributed by atoms with van der Waals surface area (Å²) in [4.78, 5) is 16.1. The van der Waals surface area contributed by atoms with Gasteiger partial charge in [-0.05, 0) is 57.2 Å². The Kier molecular flexibility index (Phi) is 13.0. The summed E-state index contributed by atoms with van der Waals surface area (Å²) >= 11 is 1.66. The lowest BCUT2D eigenvalue weighted by atomic mass is 10.2. The van der Waals surface area contributed by atoms with Crippen LogP contribution in [0, 0.1) is 6.92 Å². The molecule has 0 amide bonds. The molecule has 2 aromatic rings. The minimum absolute atomic E-state index is 0.214. The molecule has 0 spiro atoms. The van der Waals surface area contributed by atoms with Crippen molar-refractivity contribution in [3.05, 3.63) is 64.7 Å². The minimum atomic E-state index is -0.214. The standard InChI is InChI=1S/C28H42FN7S/c1-20-11-8-9-13-24(20)34-23(4)14-15-32-19-21(2)27-35-25(28(31-6)37-27)26(30-5)33-16-18-36(7)17-10-12-22(3)29/h8-13,17,21,31-32H,14-16,18-19H2,1-7H3,(H,30,33)/b17-10-,22-12+,34-23?. The van der Waals surface area contributed by atoms with E-state index in [4.69, 9.17) is 9.98 Å². The molecule has 7 nitrogen and oxygen atoms in total. The minimum Gasteiger partial charge on any atom is -0.379 e. The van der Waals surface area contributed by atoms with Crippen molar-refractivity contribution in [3.63, 3.8) is 0 Å². The number of benzene rings is 1. The zero-order chi connectivity index (χ0) is 27.2. The van der Waals surface area contributed by atoms with E-state index in [1.54, 1.807) is 24.5 Å². The van der Waals surface area contributed by atoms with Crippen LogP contribution in [0.4, 0.5) is 15.1 Å². The maximum Gasteiger partial charge on any atom is 0.150 e. The van der Waals surface area contributed by atoms with Gasteiger partial charge in [0, 0.05) is 59.0 Å². The van der Waals surface area contributed by atoms with Crippen molar-refractivity contribution in [2.45, 2.75) is 40.0 Å². The Hall–Kier alpha value is -3.04. The number of likely N-dealkylation sites (N-methyl/N-ethyl adjacent to an activating group) is 1. The number of thiazole rings is 1. The number of aromatic nitrogens is 1. The number of hydrogen-bond acceptors (Lipinski definition) is 7. The topological polar surface area (TPSA) is 76.9 Å². The second kappa shape index (κ2) is 15.9. The zero-order valence-corrected chi connectivity index (χ0v) is 24.0. The predicted molar refractivity (Wildman–Crippen MR) is 159 cm³/mol. The number of halogens is 1. The van der Waals surface area contributed by atoms with Crippen LogP contribution in [0.15, 0.2) is 58.4 Å². The van der Waals surface area contributed by atoms with Crippen LogP contribution in [0.1, 0.15) is 49.4 Å². The van der Waals surface area contributed by atoms with E-state index >= 15 is 0 Å². The van der Waals surface area contributed by atoms with Crippen molar-refractivity contribution in [2.24, 2.45) is 9.98 Å². The Morgan fingerprint density at radius 2 is 2.00 bits per heavy atom. The van der Waals surface area contributed by atoms with E-state index < -0.39 is 0 Å². The molecule has 1 aromatic heterocycles. The van der Waals surface area contributed by atoms with Crippen molar-refractivity contribution >= 4 is 33.6 Å². The maximum absolute atomic E-state index is 12.8. The van der Waals surface area contributed by atoms with Gasteiger partial charge in [0.15, 0.2) is 0 Å². The lowest BCUT2D eigenvalue weighted by molar-refractivity contribution is 0.458. The fourth-order valence-corrected chi connectivity index (χ4v) is 4.49. The van der Waals surface area contributed by atoms with Crippen molar-refractivity contribution in [3.8, 4) is 0 Å². The number of allylic oxidation sites excluding steroid dienone is 3. The first-order valence-electron chi connectivity index (χ1n) is 12.7. The van der Waals surface area contributed by atoms with Crippen LogP contribution in [0.25, 0.3) is 0 Å². The van der Waals surface area contributed by atoms with E-state index in [0.717, 1.165) is 59.0 Å². The monoisotopic (exact) mass is 527 g/mol. The van der Waals surface area contributed by atoms with Crippen molar-refractivity contribution in [2.75, 3.05) is 52.6 Å². The Balaban J connectivity index is 1.88. The Labute approximate surface area is 225 Å². The van der Waals surface area contributed by atoms with Crippen molar-refractivity contribution in [1.82, 2.24) is 20.5 Å². The number of nitrogens with one attached hydrogen (secondary N) is 3. The number of aryl methyl sites for hydroxylation is 1. The molecule has 1 unspecified atom stereocenters. The summed E-state index contributed by atoms with van der Waals surface area (Å²) in [5, 5.41) is 12.3. The second-order valence-electron chi connectivity index (χ2n) is 9.04. The van der Waals surface area contributed by atoms with Gasteiger partial charge in [0.25, 0.3) is 0 Å². The first-order valence-corrected chi connectivity index (χ1v) is 13.5. The molecular formula is C28H42FN7S. The smallest absolute Gasteiger partial charge is 0.150 e. The van der Waals surface area contributed by atoms with E-state index in [1.165, 1.54) is 18.6 Å². The zero-order valence-electron chi connectivity index (χ0n) is 23.2. The molecule has 2 rings (SSSR count). The summed E-state index contributed by atoms with van der Waals surface area (Å²) in [7, 11) is 5.63. The number of nitrogens with zero attached hydrogens (tertiary/aromatic N) is 4. The SMILES string of the molecule is CN=C(NCCN(C)/C=C\C=C(/C)F)c1nc(C(C)CNCCC(C)=Nc2ccccc2C)sc1NC. The third-order valence-electron chi connectivity index (χ3n) is 5.70. The summed E-state index contributed by atoms with van der Waals surface area (Å²) in [6.45, 7) is 10.9. The summed E-state index contributed by atoms with van der Waals surface area (Å²) < 4.78 is 12.8. The number of aliphatic imine (C=N–C) groups is 2. The van der Waals surface area contributed by atoms with Crippen molar-refractivity contribution < 1.29 is 4.39 Å². The van der Waals surface area contributed by atoms with E-state index in [2.05, 4.69) is 53.8 Å². The molecule has 0 fully saturated rings. The third-order valence-corrected chi connectivity index (χ3v) is 7.01. The summed E-state index contributed by atoms with van der Waals surface area (Å²) in [6.07, 6.45) is 5.88. The van der Waals surface area contributed by atoms with Crippen LogP contribution in [0.5, 0.6) is 0 Å². The van der Waals surface area contributed by atoms with Gasteiger partial charge in [-0.1, -0.05) is 25.1 Å². The lowest BCUT2D eigenvalue weighted by Crippen LogP contribution is -2.32. The van der Waals surface area contributed by atoms with E-state index in [-0.39, 0.29) is 11.7 Å². The fraction of sp³-hybridized carbons (Fsp3) is 0.464. The third kappa shape index (κ3) is 10.5. The lowest BCUT2D eigenvalue weighted by Gasteiger charge is -2.15. The molecule has 0 bridgehead atoms. The number of amidine groups is 1. The highest BCUT2D eigenvalue weighted by atomic mass is 32.1. The summed E-state index contributed by atoms with van der Waals surface area (Å²) in [5.41, 5.74) is 4.19. The van der Waals surface area contributed by atoms with Gasteiger partial charge in [-0.3, -0.25) is 9.98 Å². The maximum atomic E-state index is 12.8. The molecule has 37 heavy (non-hydrogen) atoms. The molecule has 0 aliphatic carbocycles. The average molecular weight is 528 g/mol. The van der Waals surface area contributed by atoms with Crippen LogP contribution in [0.3, 0.4) is 0 Å². The van der Waals surface area contributed by atoms with Gasteiger partial charge in [0.2, 0.25) is 0 Å². The Bertz CT molecular complexity index is 1100. The summed E-state index contributed by atoms with van der Waals surface area (Å²) in [6, 6.07) is 8.20. The first kappa shape index (κ1) is 30.2. The number of hydrogen-bond donors (Lipinski definition) is 3. The van der Waals surface area contributed by atoms with E-state index in [9.17, 15) is 4.39 Å². The molecular weight excluding hydrogens is 485 g/mol. The Morgan fingerprint density at radius 3 is 2.68 bits per heavy atom. The summed E-state index contributed by atoms with van der Waals surface area (Å²) in [5.74, 6) is 0.807. The van der Waals surface area contributed by atoms with Crippen molar-refractivity contribution in [1.29, 1.82) is 0 Å². The molecule has 202 valence electrons. The van der Waals surface area contributed by atoms with Gasteiger partial charge in [-0.2, -0.15) is 0 Å². The normalized spacial score (nSPS) is 13.8. The van der Waals surface area contributed by atoms with Gasteiger partial charge in [0.05, 0.1) is 16.5 Å². The molecule has 0 aliphatic rings. The number of rotatable bonds is 14. The fourth-order valence-electron chi connectivity index (χ4n) is 3.52. The van der Waals surface area contributed by atoms with Gasteiger partial charge in [-0.25, -0.2) is 9.37 Å². The highest BCUT2D eigenvalue weighted by molar-refractivity contribution is 7.16. The van der Waals surface area contributed by atoms with Crippen LogP contribution in [-0.2, 0) is 0 Å². The van der Waals surface area contributed by atoms with E-state index in [1.807, 2.05) is 37.3 Å². The predicted octanol–water partition coefficient (Wildman–Crippen LogP) is 5.65. The molecule has 1 aromatic carbocycles. The molecule has 0 saturated heterocycles. The molecule has 0 aliphatic heterocycles. The number of para-hydroxylation sites is 1. The van der Waals surface area contributed by atoms with Gasteiger partial charge < -0.3 is 20.9 Å². The molecule has 1 atom stereocenters. The molecule has 3 N–H and O–H groups in total.